The van der Waals surface area contributed by atoms with Gasteiger partial charge in [0.15, 0.2) is 5.96 Å². The third-order valence-electron chi connectivity index (χ3n) is 3.91. The molecule has 21 heavy (non-hydrogen) atoms. The quantitative estimate of drug-likeness (QED) is 0.584. The molecule has 3 N–H and O–H groups in total. The number of amides is 1. The zero-order valence-electron chi connectivity index (χ0n) is 12.9. The summed E-state index contributed by atoms with van der Waals surface area (Å²) < 4.78 is 10.2. The first-order valence-electron chi connectivity index (χ1n) is 7.58. The van der Waals surface area contributed by atoms with E-state index >= 15 is 0 Å². The third kappa shape index (κ3) is 4.49. The van der Waals surface area contributed by atoms with Crippen LogP contribution in [0.15, 0.2) is 4.99 Å². The van der Waals surface area contributed by atoms with E-state index in [4.69, 9.17) is 15.2 Å². The number of likely N-dealkylation sites (tertiary alicyclic amines) is 1. The van der Waals surface area contributed by atoms with E-state index in [1.54, 1.807) is 4.90 Å². The lowest BCUT2D eigenvalue weighted by atomic mass is 9.89. The fourth-order valence-electron chi connectivity index (χ4n) is 2.49. The molecule has 0 bridgehead atoms. The highest BCUT2D eigenvalue weighted by molar-refractivity contribution is 5.78. The lowest BCUT2D eigenvalue weighted by Crippen LogP contribution is -2.49. The number of hydrogen-bond donors (Lipinski definition) is 2. The van der Waals surface area contributed by atoms with Crippen molar-refractivity contribution in [2.75, 3.05) is 39.5 Å². The van der Waals surface area contributed by atoms with Gasteiger partial charge in [-0.2, -0.15) is 0 Å². The molecule has 0 aromatic carbocycles. The van der Waals surface area contributed by atoms with Crippen LogP contribution in [0.5, 0.6) is 0 Å². The van der Waals surface area contributed by atoms with Gasteiger partial charge in [-0.15, -0.1) is 0 Å². The Hall–Kier alpha value is -1.50. The smallest absolute Gasteiger partial charge is 0.409 e. The van der Waals surface area contributed by atoms with Crippen LogP contribution < -0.4 is 11.1 Å². The number of nitrogens with two attached hydrogens (primary N) is 1. The summed E-state index contributed by atoms with van der Waals surface area (Å²) in [5.41, 5.74) is 6.06. The first-order chi connectivity index (χ1) is 10.0. The number of nitrogens with one attached hydrogen (secondary N) is 1. The van der Waals surface area contributed by atoms with E-state index in [9.17, 15) is 4.79 Å². The van der Waals surface area contributed by atoms with Crippen molar-refractivity contribution in [1.29, 1.82) is 0 Å². The minimum atomic E-state index is -0.226. The first-order valence-corrected chi connectivity index (χ1v) is 7.58. The van der Waals surface area contributed by atoms with E-state index in [0.29, 0.717) is 32.2 Å². The maximum Gasteiger partial charge on any atom is 0.409 e. The van der Waals surface area contributed by atoms with Gasteiger partial charge in [-0.3, -0.25) is 4.99 Å². The largest absolute Gasteiger partial charge is 0.450 e. The van der Waals surface area contributed by atoms with Crippen LogP contribution in [0.1, 0.15) is 26.7 Å². The third-order valence-corrected chi connectivity index (χ3v) is 3.91. The highest BCUT2D eigenvalue weighted by Crippen LogP contribution is 2.26. The SMILES string of the molecule is CCOC(=O)N1CCC(NC(N)=NCC2(C)COC2)CC1. The van der Waals surface area contributed by atoms with Crippen molar-refractivity contribution in [3.05, 3.63) is 0 Å². The predicted molar refractivity (Wildman–Crippen MR) is 80.2 cm³/mol. The summed E-state index contributed by atoms with van der Waals surface area (Å²) in [6, 6.07) is 0.268. The second-order valence-corrected chi connectivity index (χ2v) is 6.11. The van der Waals surface area contributed by atoms with Crippen molar-refractivity contribution >= 4 is 12.1 Å². The van der Waals surface area contributed by atoms with Crippen LogP contribution in [0.2, 0.25) is 0 Å². The summed E-state index contributed by atoms with van der Waals surface area (Å²) in [7, 11) is 0. The predicted octanol–water partition coefficient (Wildman–Crippen LogP) is 0.548. The van der Waals surface area contributed by atoms with Crippen LogP contribution in [0.4, 0.5) is 4.79 Å². The highest BCUT2D eigenvalue weighted by atomic mass is 16.6. The van der Waals surface area contributed by atoms with Gasteiger partial charge >= 0.3 is 6.09 Å². The van der Waals surface area contributed by atoms with Crippen LogP contribution in [-0.2, 0) is 9.47 Å². The Kier molecular flexibility index (Phi) is 5.27. The number of ether oxygens (including phenoxy) is 2. The molecule has 0 unspecified atom stereocenters. The molecule has 7 nitrogen and oxygen atoms in total. The summed E-state index contributed by atoms with van der Waals surface area (Å²) in [6.45, 7) is 7.95. The molecule has 7 heteroatoms. The van der Waals surface area contributed by atoms with Crippen molar-refractivity contribution < 1.29 is 14.3 Å². The molecule has 120 valence electrons. The Morgan fingerprint density at radius 3 is 2.67 bits per heavy atom. The van der Waals surface area contributed by atoms with E-state index in [-0.39, 0.29) is 17.6 Å². The second kappa shape index (κ2) is 6.98. The molecular weight excluding hydrogens is 272 g/mol. The monoisotopic (exact) mass is 298 g/mol. The Morgan fingerprint density at radius 1 is 1.48 bits per heavy atom. The van der Waals surface area contributed by atoms with Gasteiger partial charge in [-0.1, -0.05) is 6.92 Å². The Balaban J connectivity index is 1.70. The topological polar surface area (TPSA) is 89.2 Å². The second-order valence-electron chi connectivity index (χ2n) is 6.11. The van der Waals surface area contributed by atoms with E-state index in [1.807, 2.05) is 6.92 Å². The Bertz CT molecular complexity index is 388. The number of carbonyl (C=O) groups excluding carboxylic acids is 1. The van der Waals surface area contributed by atoms with Gasteiger partial charge in [0.05, 0.1) is 26.4 Å². The first kappa shape index (κ1) is 15.9. The number of guanidine groups is 1. The van der Waals surface area contributed by atoms with E-state index < -0.39 is 0 Å². The van der Waals surface area contributed by atoms with Gasteiger partial charge in [0, 0.05) is 24.5 Å². The maximum atomic E-state index is 11.6. The molecule has 2 aliphatic rings. The molecule has 2 fully saturated rings. The molecule has 2 saturated heterocycles. The molecule has 0 spiro atoms. The van der Waals surface area contributed by atoms with Gasteiger partial charge in [0.2, 0.25) is 0 Å². The van der Waals surface area contributed by atoms with Crippen LogP contribution in [0, 0.1) is 5.41 Å². The zero-order valence-corrected chi connectivity index (χ0v) is 12.9. The average Bonchev–Trinajstić information content (AvgIpc) is 2.44. The summed E-state index contributed by atoms with van der Waals surface area (Å²) in [5.74, 6) is 0.484. The van der Waals surface area contributed by atoms with Gasteiger partial charge in [-0.05, 0) is 19.8 Å². The maximum absolute atomic E-state index is 11.6. The summed E-state index contributed by atoms with van der Waals surface area (Å²) in [5, 5.41) is 3.24. The number of aliphatic imine (C=N–C) groups is 1. The van der Waals surface area contributed by atoms with Gasteiger partial charge in [0.25, 0.3) is 0 Å². The molecule has 0 aliphatic carbocycles. The van der Waals surface area contributed by atoms with Crippen LogP contribution in [0.3, 0.4) is 0 Å². The fourth-order valence-corrected chi connectivity index (χ4v) is 2.49. The molecule has 1 amide bonds. The molecule has 0 aromatic heterocycles. The lowest BCUT2D eigenvalue weighted by molar-refractivity contribution is -0.0945. The average molecular weight is 298 g/mol. The molecule has 0 radical (unpaired) electrons. The number of piperidine rings is 1. The summed E-state index contributed by atoms with van der Waals surface area (Å²) in [4.78, 5) is 17.7. The van der Waals surface area contributed by atoms with E-state index in [2.05, 4.69) is 17.2 Å². The highest BCUT2D eigenvalue weighted by Gasteiger charge is 2.33. The molecule has 0 atom stereocenters. The standard InChI is InChI=1S/C14H26N4O3/c1-3-21-13(19)18-6-4-11(5-7-18)17-12(15)16-8-14(2)9-20-10-14/h11H,3-10H2,1-2H3,(H3,15,16,17). The van der Waals surface area contributed by atoms with Gasteiger partial charge in [0.1, 0.15) is 0 Å². The summed E-state index contributed by atoms with van der Waals surface area (Å²) >= 11 is 0. The van der Waals surface area contributed by atoms with Crippen molar-refractivity contribution in [1.82, 2.24) is 10.2 Å². The minimum Gasteiger partial charge on any atom is -0.450 e. The van der Waals surface area contributed by atoms with Crippen molar-refractivity contribution in [3.8, 4) is 0 Å². The molecule has 0 saturated carbocycles. The lowest BCUT2D eigenvalue weighted by Gasteiger charge is -2.36. The van der Waals surface area contributed by atoms with Crippen LogP contribution in [0.25, 0.3) is 0 Å². The van der Waals surface area contributed by atoms with E-state index in [1.165, 1.54) is 0 Å². The zero-order chi connectivity index (χ0) is 15.3. The van der Waals surface area contributed by atoms with Crippen molar-refractivity contribution in [3.63, 3.8) is 0 Å². The van der Waals surface area contributed by atoms with Crippen molar-refractivity contribution in [2.24, 2.45) is 16.1 Å². The van der Waals surface area contributed by atoms with Gasteiger partial charge < -0.3 is 25.4 Å². The minimum absolute atomic E-state index is 0.138. The molecule has 2 rings (SSSR count). The van der Waals surface area contributed by atoms with Gasteiger partial charge in [-0.25, -0.2) is 4.79 Å². The van der Waals surface area contributed by atoms with Crippen LogP contribution >= 0.6 is 0 Å². The Morgan fingerprint density at radius 2 is 2.14 bits per heavy atom. The fraction of sp³-hybridized carbons (Fsp3) is 0.857. The van der Waals surface area contributed by atoms with Crippen LogP contribution in [-0.4, -0.2) is 62.4 Å². The van der Waals surface area contributed by atoms with E-state index in [0.717, 1.165) is 26.1 Å². The number of carbonyl (C=O) groups is 1. The van der Waals surface area contributed by atoms with Crippen molar-refractivity contribution in [2.45, 2.75) is 32.7 Å². The normalized spacial score (nSPS) is 22.6. The number of rotatable bonds is 4. The molecule has 2 aliphatic heterocycles. The Labute approximate surface area is 125 Å². The number of nitrogens with zero attached hydrogens (tertiary/aromatic N) is 2. The summed E-state index contributed by atoms with van der Waals surface area (Å²) in [6.07, 6.45) is 1.49. The molecular formula is C14H26N4O3. The number of hydrogen-bond acceptors (Lipinski definition) is 4. The molecule has 0 aromatic rings. The molecule has 2 heterocycles.